The van der Waals surface area contributed by atoms with E-state index in [0.29, 0.717) is 13.2 Å². The fourth-order valence-electron chi connectivity index (χ4n) is 1.73. The van der Waals surface area contributed by atoms with E-state index in [4.69, 9.17) is 9.47 Å². The molecular formula is C11H21NO4. The van der Waals surface area contributed by atoms with Gasteiger partial charge >= 0.3 is 5.97 Å². The summed E-state index contributed by atoms with van der Waals surface area (Å²) in [6, 6.07) is 0.101. The highest BCUT2D eigenvalue weighted by molar-refractivity contribution is 5.78. The lowest BCUT2D eigenvalue weighted by molar-refractivity contribution is -0.148. The van der Waals surface area contributed by atoms with Crippen LogP contribution in [0, 0.1) is 0 Å². The molecule has 94 valence electrons. The summed E-state index contributed by atoms with van der Waals surface area (Å²) >= 11 is 0. The Balaban J connectivity index is 2.46. The summed E-state index contributed by atoms with van der Waals surface area (Å²) in [7, 11) is 0. The summed E-state index contributed by atoms with van der Waals surface area (Å²) in [5, 5.41) is 12.2. The smallest absolute Gasteiger partial charge is 0.326 e. The van der Waals surface area contributed by atoms with Gasteiger partial charge in [0.15, 0.2) is 0 Å². The maximum absolute atomic E-state index is 11.2. The lowest BCUT2D eigenvalue weighted by Crippen LogP contribution is -2.56. The van der Waals surface area contributed by atoms with Crippen molar-refractivity contribution in [2.24, 2.45) is 0 Å². The lowest BCUT2D eigenvalue weighted by atomic mass is 10.0. The Labute approximate surface area is 96.1 Å². The Morgan fingerprint density at radius 2 is 2.38 bits per heavy atom. The van der Waals surface area contributed by atoms with E-state index in [1.54, 1.807) is 6.92 Å². The summed E-state index contributed by atoms with van der Waals surface area (Å²) in [5.41, 5.74) is -1.03. The van der Waals surface area contributed by atoms with E-state index in [1.165, 1.54) is 0 Å². The van der Waals surface area contributed by atoms with Crippen LogP contribution >= 0.6 is 0 Å². The first kappa shape index (κ1) is 13.4. The van der Waals surface area contributed by atoms with Crippen LogP contribution in [-0.2, 0) is 14.3 Å². The normalized spacial score (nSPS) is 24.6. The number of hydrogen-bond donors (Lipinski definition) is 2. The highest BCUT2D eigenvalue weighted by Crippen LogP contribution is 2.13. The van der Waals surface area contributed by atoms with Crippen molar-refractivity contribution in [3.05, 3.63) is 0 Å². The molecule has 1 saturated heterocycles. The van der Waals surface area contributed by atoms with Crippen LogP contribution in [-0.4, -0.2) is 48.6 Å². The van der Waals surface area contributed by atoms with Crippen molar-refractivity contribution >= 4 is 5.97 Å². The summed E-state index contributed by atoms with van der Waals surface area (Å²) in [4.78, 5) is 11.2. The van der Waals surface area contributed by atoms with E-state index < -0.39 is 11.5 Å². The molecule has 2 unspecified atom stereocenters. The first-order valence-electron chi connectivity index (χ1n) is 5.64. The molecule has 0 radical (unpaired) electrons. The fraction of sp³-hybridized carbons (Fsp3) is 0.909. The minimum atomic E-state index is -1.03. The fourth-order valence-corrected chi connectivity index (χ4v) is 1.73. The van der Waals surface area contributed by atoms with Gasteiger partial charge in [0, 0.05) is 12.6 Å². The Hall–Kier alpha value is -0.650. The number of nitrogens with one attached hydrogen (secondary N) is 1. The Morgan fingerprint density at radius 1 is 1.69 bits per heavy atom. The maximum atomic E-state index is 11.2. The van der Waals surface area contributed by atoms with Crippen LogP contribution in [0.4, 0.5) is 0 Å². The van der Waals surface area contributed by atoms with E-state index in [1.807, 2.05) is 13.8 Å². The van der Waals surface area contributed by atoms with Crippen LogP contribution in [0.5, 0.6) is 0 Å². The van der Waals surface area contributed by atoms with Gasteiger partial charge in [0.2, 0.25) is 0 Å². The quantitative estimate of drug-likeness (QED) is 0.702. The minimum Gasteiger partial charge on any atom is -0.480 e. The van der Waals surface area contributed by atoms with Crippen LogP contribution in [0.1, 0.15) is 27.2 Å². The second kappa shape index (κ2) is 5.61. The van der Waals surface area contributed by atoms with Crippen molar-refractivity contribution < 1.29 is 19.4 Å². The molecule has 1 fully saturated rings. The SMILES string of the molecule is CC(C)NC(C)(COC1CCOC1)C(=O)O. The second-order valence-electron chi connectivity index (χ2n) is 4.73. The third kappa shape index (κ3) is 3.73. The number of rotatable bonds is 6. The third-order valence-electron chi connectivity index (χ3n) is 2.57. The van der Waals surface area contributed by atoms with Crippen LogP contribution in [0.2, 0.25) is 0 Å². The Kier molecular flexibility index (Phi) is 4.70. The molecule has 0 spiro atoms. The van der Waals surface area contributed by atoms with Crippen LogP contribution in [0.15, 0.2) is 0 Å². The van der Waals surface area contributed by atoms with E-state index in [0.717, 1.165) is 6.42 Å². The molecule has 5 heteroatoms. The highest BCUT2D eigenvalue weighted by atomic mass is 16.5. The predicted molar refractivity (Wildman–Crippen MR) is 59.5 cm³/mol. The third-order valence-corrected chi connectivity index (χ3v) is 2.57. The molecule has 0 aliphatic carbocycles. The molecule has 1 heterocycles. The number of aliphatic carboxylic acids is 1. The maximum Gasteiger partial charge on any atom is 0.326 e. The average Bonchev–Trinajstić information content (AvgIpc) is 2.65. The topological polar surface area (TPSA) is 67.8 Å². The molecule has 0 aromatic heterocycles. The summed E-state index contributed by atoms with van der Waals surface area (Å²) in [6.07, 6.45) is 0.879. The van der Waals surface area contributed by atoms with E-state index in [-0.39, 0.29) is 18.8 Å². The van der Waals surface area contributed by atoms with Gasteiger partial charge in [0.05, 0.1) is 19.3 Å². The van der Waals surface area contributed by atoms with Crippen LogP contribution < -0.4 is 5.32 Å². The van der Waals surface area contributed by atoms with Gasteiger partial charge in [0.25, 0.3) is 0 Å². The zero-order valence-corrected chi connectivity index (χ0v) is 10.2. The number of ether oxygens (including phenoxy) is 2. The molecule has 0 saturated carbocycles. The standard InChI is InChI=1S/C11H21NO4/c1-8(2)12-11(3,10(13)14)7-16-9-4-5-15-6-9/h8-9,12H,4-7H2,1-3H3,(H,13,14). The molecule has 1 aliphatic rings. The summed E-state index contributed by atoms with van der Waals surface area (Å²) in [5.74, 6) is -0.889. The van der Waals surface area contributed by atoms with Crippen molar-refractivity contribution in [2.75, 3.05) is 19.8 Å². The van der Waals surface area contributed by atoms with Gasteiger partial charge in [-0.15, -0.1) is 0 Å². The number of carboxylic acids is 1. The van der Waals surface area contributed by atoms with Crippen molar-refractivity contribution in [1.82, 2.24) is 5.32 Å². The Bertz CT molecular complexity index is 238. The molecule has 2 N–H and O–H groups in total. The molecule has 0 aromatic rings. The zero-order valence-electron chi connectivity index (χ0n) is 10.2. The van der Waals surface area contributed by atoms with Gasteiger partial charge in [-0.05, 0) is 27.2 Å². The molecule has 5 nitrogen and oxygen atoms in total. The van der Waals surface area contributed by atoms with Crippen molar-refractivity contribution in [3.63, 3.8) is 0 Å². The van der Waals surface area contributed by atoms with Gasteiger partial charge < -0.3 is 14.6 Å². The molecule has 16 heavy (non-hydrogen) atoms. The minimum absolute atomic E-state index is 0.0348. The molecule has 0 amide bonds. The van der Waals surface area contributed by atoms with Crippen molar-refractivity contribution in [3.8, 4) is 0 Å². The van der Waals surface area contributed by atoms with Crippen LogP contribution in [0.25, 0.3) is 0 Å². The van der Waals surface area contributed by atoms with Crippen LogP contribution in [0.3, 0.4) is 0 Å². The molecule has 1 aliphatic heterocycles. The first-order valence-corrected chi connectivity index (χ1v) is 5.64. The lowest BCUT2D eigenvalue weighted by Gasteiger charge is -2.29. The first-order chi connectivity index (χ1) is 7.44. The van der Waals surface area contributed by atoms with Gasteiger partial charge in [-0.1, -0.05) is 0 Å². The second-order valence-corrected chi connectivity index (χ2v) is 4.73. The molecular weight excluding hydrogens is 210 g/mol. The summed E-state index contributed by atoms with van der Waals surface area (Å²) < 4.78 is 10.7. The van der Waals surface area contributed by atoms with E-state index in [9.17, 15) is 9.90 Å². The van der Waals surface area contributed by atoms with E-state index in [2.05, 4.69) is 5.32 Å². The summed E-state index contributed by atoms with van der Waals surface area (Å²) in [6.45, 7) is 6.91. The molecule has 1 rings (SSSR count). The van der Waals surface area contributed by atoms with Gasteiger partial charge in [-0.25, -0.2) is 0 Å². The van der Waals surface area contributed by atoms with Gasteiger partial charge in [0.1, 0.15) is 5.54 Å². The van der Waals surface area contributed by atoms with E-state index >= 15 is 0 Å². The number of carboxylic acid groups (broad SMARTS) is 1. The number of carbonyl (C=O) groups is 1. The Morgan fingerprint density at radius 3 is 2.81 bits per heavy atom. The zero-order chi connectivity index (χ0) is 12.2. The number of hydrogen-bond acceptors (Lipinski definition) is 4. The van der Waals surface area contributed by atoms with Gasteiger partial charge in [-0.3, -0.25) is 10.1 Å². The largest absolute Gasteiger partial charge is 0.480 e. The van der Waals surface area contributed by atoms with Crippen molar-refractivity contribution in [1.29, 1.82) is 0 Å². The molecule has 0 aromatic carbocycles. The monoisotopic (exact) mass is 231 g/mol. The predicted octanol–water partition coefficient (Wildman–Crippen LogP) is 0.633. The molecule has 0 bridgehead atoms. The van der Waals surface area contributed by atoms with Gasteiger partial charge in [-0.2, -0.15) is 0 Å². The van der Waals surface area contributed by atoms with Crippen molar-refractivity contribution in [2.45, 2.75) is 44.9 Å². The average molecular weight is 231 g/mol. The molecule has 2 atom stereocenters. The highest BCUT2D eigenvalue weighted by Gasteiger charge is 2.35.